The van der Waals surface area contributed by atoms with Gasteiger partial charge in [-0.25, -0.2) is 0 Å². The number of ether oxygens (including phenoxy) is 1. The maximum absolute atomic E-state index is 11.1. The summed E-state index contributed by atoms with van der Waals surface area (Å²) in [6.07, 6.45) is 0.321. The lowest BCUT2D eigenvalue weighted by Gasteiger charge is -2.09. The minimum absolute atomic E-state index is 0.321. The maximum atomic E-state index is 11.1. The molecule has 4 N–H and O–H groups in total. The van der Waals surface area contributed by atoms with Crippen LogP contribution >= 0.6 is 0 Å². The van der Waals surface area contributed by atoms with Crippen molar-refractivity contribution in [1.82, 2.24) is 0 Å². The summed E-state index contributed by atoms with van der Waals surface area (Å²) in [6.45, 7) is 0. The predicted molar refractivity (Wildman–Crippen MR) is 59.3 cm³/mol. The average molecular weight is 219 g/mol. The van der Waals surface area contributed by atoms with Crippen LogP contribution in [0.25, 0.3) is 0 Å². The third-order valence-electron chi connectivity index (χ3n) is 2.20. The first-order chi connectivity index (χ1) is 7.58. The van der Waals surface area contributed by atoms with Crippen molar-refractivity contribution in [2.24, 2.45) is 5.73 Å². The van der Waals surface area contributed by atoms with Crippen molar-refractivity contribution in [2.45, 2.75) is 12.5 Å². The van der Waals surface area contributed by atoms with E-state index in [9.17, 15) is 4.79 Å². The van der Waals surface area contributed by atoms with Gasteiger partial charge in [0.1, 0.15) is 12.1 Å². The van der Waals surface area contributed by atoms with E-state index in [2.05, 4.69) is 4.74 Å². The Morgan fingerprint density at radius 2 is 2.31 bits per heavy atom. The smallest absolute Gasteiger partial charge is 0.322 e. The normalized spacial score (nSPS) is 11.6. The van der Waals surface area contributed by atoms with E-state index in [0.717, 1.165) is 5.56 Å². The van der Waals surface area contributed by atoms with Crippen LogP contribution in [-0.4, -0.2) is 19.1 Å². The highest BCUT2D eigenvalue weighted by atomic mass is 16.5. The summed E-state index contributed by atoms with van der Waals surface area (Å²) >= 11 is 0. The Morgan fingerprint density at radius 3 is 2.88 bits per heavy atom. The Hall–Kier alpha value is -2.06. The van der Waals surface area contributed by atoms with E-state index in [0.29, 0.717) is 17.7 Å². The summed E-state index contributed by atoms with van der Waals surface area (Å²) in [5.74, 6) is -0.477. The molecule has 5 nitrogen and oxygen atoms in total. The number of rotatable bonds is 3. The largest absolute Gasteiger partial charge is 0.468 e. The van der Waals surface area contributed by atoms with Crippen molar-refractivity contribution >= 4 is 11.7 Å². The Bertz CT molecular complexity index is 437. The number of hydrogen-bond acceptors (Lipinski definition) is 5. The van der Waals surface area contributed by atoms with Gasteiger partial charge >= 0.3 is 5.97 Å². The molecule has 0 saturated heterocycles. The molecule has 0 heterocycles. The summed E-state index contributed by atoms with van der Waals surface area (Å²) in [4.78, 5) is 11.1. The molecule has 84 valence electrons. The lowest BCUT2D eigenvalue weighted by atomic mass is 10.0. The van der Waals surface area contributed by atoms with E-state index in [1.807, 2.05) is 6.07 Å². The Labute approximate surface area is 93.6 Å². The minimum atomic E-state index is -0.722. The van der Waals surface area contributed by atoms with Crippen molar-refractivity contribution < 1.29 is 9.53 Å². The van der Waals surface area contributed by atoms with Gasteiger partial charge in [-0.2, -0.15) is 5.26 Å². The van der Waals surface area contributed by atoms with E-state index >= 15 is 0 Å². The highest BCUT2D eigenvalue weighted by Gasteiger charge is 2.14. The predicted octanol–water partition coefficient (Wildman–Crippen LogP) is 0.183. The zero-order chi connectivity index (χ0) is 12.1. The Morgan fingerprint density at radius 1 is 1.62 bits per heavy atom. The number of hydrogen-bond donors (Lipinski definition) is 2. The number of nitrogens with zero attached hydrogens (tertiary/aromatic N) is 1. The first-order valence-corrected chi connectivity index (χ1v) is 4.70. The van der Waals surface area contributed by atoms with Crippen LogP contribution in [0, 0.1) is 11.3 Å². The fraction of sp³-hybridized carbons (Fsp3) is 0.273. The molecule has 0 amide bonds. The van der Waals surface area contributed by atoms with Gasteiger partial charge in [-0.3, -0.25) is 4.79 Å². The third kappa shape index (κ3) is 2.72. The van der Waals surface area contributed by atoms with Crippen molar-refractivity contribution in [3.05, 3.63) is 29.3 Å². The molecule has 0 aliphatic carbocycles. The van der Waals surface area contributed by atoms with Crippen molar-refractivity contribution in [1.29, 1.82) is 5.26 Å². The van der Waals surface area contributed by atoms with Crippen LogP contribution in [-0.2, 0) is 16.0 Å². The molecule has 0 bridgehead atoms. The molecule has 1 aromatic rings. The quantitative estimate of drug-likeness (QED) is 0.557. The van der Waals surface area contributed by atoms with E-state index in [-0.39, 0.29) is 0 Å². The molecule has 0 aliphatic heterocycles. The van der Waals surface area contributed by atoms with E-state index in [1.165, 1.54) is 7.11 Å². The van der Waals surface area contributed by atoms with E-state index in [1.54, 1.807) is 18.2 Å². The molecular weight excluding hydrogens is 206 g/mol. The number of benzene rings is 1. The van der Waals surface area contributed by atoms with Gasteiger partial charge in [0.2, 0.25) is 0 Å². The Balaban J connectivity index is 2.83. The molecule has 0 saturated carbocycles. The van der Waals surface area contributed by atoms with Gasteiger partial charge in [-0.15, -0.1) is 0 Å². The van der Waals surface area contributed by atoms with Crippen molar-refractivity contribution in [2.75, 3.05) is 12.8 Å². The molecule has 1 atom stereocenters. The summed E-state index contributed by atoms with van der Waals surface area (Å²) < 4.78 is 4.51. The minimum Gasteiger partial charge on any atom is -0.468 e. The fourth-order valence-electron chi connectivity index (χ4n) is 1.32. The molecule has 1 aromatic carbocycles. The highest BCUT2D eigenvalue weighted by Crippen LogP contribution is 2.14. The number of nitriles is 1. The Kier molecular flexibility index (Phi) is 3.86. The second kappa shape index (κ2) is 5.14. The molecule has 0 radical (unpaired) electrons. The van der Waals surface area contributed by atoms with Crippen LogP contribution in [0.3, 0.4) is 0 Å². The molecule has 0 fully saturated rings. The van der Waals surface area contributed by atoms with Crippen molar-refractivity contribution in [3.63, 3.8) is 0 Å². The molecule has 0 aromatic heterocycles. The number of nitrogen functional groups attached to an aromatic ring is 1. The van der Waals surface area contributed by atoms with Crippen LogP contribution in [0.5, 0.6) is 0 Å². The molecule has 0 spiro atoms. The number of esters is 1. The summed E-state index contributed by atoms with van der Waals surface area (Å²) in [7, 11) is 1.28. The molecule has 1 rings (SSSR count). The number of nitrogens with two attached hydrogens (primary N) is 2. The maximum Gasteiger partial charge on any atom is 0.322 e. The lowest BCUT2D eigenvalue weighted by molar-refractivity contribution is -0.142. The molecular formula is C11H13N3O2. The van der Waals surface area contributed by atoms with Gasteiger partial charge in [-0.05, 0) is 24.1 Å². The molecule has 0 aliphatic rings. The van der Waals surface area contributed by atoms with E-state index < -0.39 is 12.0 Å². The zero-order valence-corrected chi connectivity index (χ0v) is 8.93. The first kappa shape index (κ1) is 12.0. The summed E-state index contributed by atoms with van der Waals surface area (Å²) in [5, 5.41) is 8.78. The summed E-state index contributed by atoms with van der Waals surface area (Å²) in [5.41, 5.74) is 12.8. The van der Waals surface area contributed by atoms with Crippen LogP contribution in [0.4, 0.5) is 5.69 Å². The standard InChI is InChI=1S/C11H13N3O2/c1-16-11(15)10(14)5-7-2-3-9(13)8(4-7)6-12/h2-4,10H,5,13-14H2,1H3/t10-/m1/s1. The highest BCUT2D eigenvalue weighted by molar-refractivity contribution is 5.75. The number of anilines is 1. The molecule has 5 heteroatoms. The van der Waals surface area contributed by atoms with Gasteiger partial charge in [0.15, 0.2) is 0 Å². The lowest BCUT2D eigenvalue weighted by Crippen LogP contribution is -2.33. The topological polar surface area (TPSA) is 102 Å². The van der Waals surface area contributed by atoms with Crippen LogP contribution in [0.2, 0.25) is 0 Å². The third-order valence-corrected chi connectivity index (χ3v) is 2.20. The monoisotopic (exact) mass is 219 g/mol. The zero-order valence-electron chi connectivity index (χ0n) is 8.93. The number of methoxy groups -OCH3 is 1. The number of carbonyl (C=O) groups excluding carboxylic acids is 1. The molecule has 16 heavy (non-hydrogen) atoms. The first-order valence-electron chi connectivity index (χ1n) is 4.70. The van der Waals surface area contributed by atoms with Crippen LogP contribution < -0.4 is 11.5 Å². The van der Waals surface area contributed by atoms with Gasteiger partial charge in [0.25, 0.3) is 0 Å². The van der Waals surface area contributed by atoms with Gasteiger partial charge in [0.05, 0.1) is 12.7 Å². The second-order valence-corrected chi connectivity index (χ2v) is 3.37. The second-order valence-electron chi connectivity index (χ2n) is 3.37. The van der Waals surface area contributed by atoms with Gasteiger partial charge < -0.3 is 16.2 Å². The summed E-state index contributed by atoms with van der Waals surface area (Å²) in [6, 6.07) is 6.23. The van der Waals surface area contributed by atoms with Crippen molar-refractivity contribution in [3.8, 4) is 6.07 Å². The SMILES string of the molecule is COC(=O)[C@H](N)Cc1ccc(N)c(C#N)c1. The fourth-order valence-corrected chi connectivity index (χ4v) is 1.32. The molecule has 0 unspecified atom stereocenters. The van der Waals surface area contributed by atoms with E-state index in [4.69, 9.17) is 16.7 Å². The van der Waals surface area contributed by atoms with Crippen LogP contribution in [0.1, 0.15) is 11.1 Å². The average Bonchev–Trinajstić information content (AvgIpc) is 2.30. The van der Waals surface area contributed by atoms with Gasteiger partial charge in [0, 0.05) is 5.69 Å². The van der Waals surface area contributed by atoms with Crippen LogP contribution in [0.15, 0.2) is 18.2 Å². The number of carbonyl (C=O) groups is 1. The van der Waals surface area contributed by atoms with Gasteiger partial charge in [-0.1, -0.05) is 6.07 Å².